The van der Waals surface area contributed by atoms with Crippen molar-refractivity contribution in [1.29, 1.82) is 0 Å². The molecule has 2 aliphatic rings. The Morgan fingerprint density at radius 1 is 0.531 bits per heavy atom. The van der Waals surface area contributed by atoms with E-state index in [1.165, 1.54) is 43.5 Å². The summed E-state index contributed by atoms with van der Waals surface area (Å²) in [6.07, 6.45) is 9.05. The van der Waals surface area contributed by atoms with E-state index < -0.39 is 0 Å². The summed E-state index contributed by atoms with van der Waals surface area (Å²) in [5.74, 6) is 0.444. The Hall–Kier alpha value is -5.77. The number of anilines is 3. The topological polar surface area (TPSA) is 16.4 Å². The van der Waals surface area contributed by atoms with Crippen molar-refractivity contribution < 1.29 is 4.42 Å². The summed E-state index contributed by atoms with van der Waals surface area (Å²) in [6.45, 7) is 0. The van der Waals surface area contributed by atoms with Gasteiger partial charge < -0.3 is 9.32 Å². The first-order valence-electron chi connectivity index (χ1n) is 16.8. The number of allylic oxidation sites excluding steroid dienone is 3. The minimum absolute atomic E-state index is 0.444. The predicted molar refractivity (Wildman–Crippen MR) is 207 cm³/mol. The van der Waals surface area contributed by atoms with Crippen LogP contribution in [0.1, 0.15) is 11.5 Å². The Bertz CT molecular complexity index is 2580. The standard InChI is InChI=1S/C46H31NOS/c1-2-10-30(11-3-1)31-20-25-34(26-21-31)47(41-18-9-17-40-44-36-13-5-4-12-32(36)24-29-42(44)48-45(40)41)35-27-22-33(23-28-35)37-15-8-16-39-38-14-6-7-19-43(38)49-46(37)39/h1-29,38,43H. The molecule has 49 heavy (non-hydrogen) atoms. The second-order valence-corrected chi connectivity index (χ2v) is 14.0. The Morgan fingerprint density at radius 3 is 2.06 bits per heavy atom. The number of para-hydroxylation sites is 1. The summed E-state index contributed by atoms with van der Waals surface area (Å²) in [5, 5.41) is 5.16. The largest absolute Gasteiger partial charge is 0.454 e. The highest BCUT2D eigenvalue weighted by atomic mass is 32.2. The van der Waals surface area contributed by atoms with Crippen LogP contribution in [0.5, 0.6) is 0 Å². The van der Waals surface area contributed by atoms with E-state index >= 15 is 0 Å². The molecule has 7 aromatic carbocycles. The lowest BCUT2D eigenvalue weighted by Crippen LogP contribution is -2.10. The van der Waals surface area contributed by atoms with Gasteiger partial charge in [0, 0.05) is 38.2 Å². The number of fused-ring (bicyclic) bond motifs is 8. The molecule has 10 rings (SSSR count). The maximum absolute atomic E-state index is 6.74. The van der Waals surface area contributed by atoms with Gasteiger partial charge in [0.05, 0.1) is 5.69 Å². The van der Waals surface area contributed by atoms with Gasteiger partial charge in [-0.2, -0.15) is 0 Å². The number of hydrogen-bond donors (Lipinski definition) is 0. The first-order valence-corrected chi connectivity index (χ1v) is 17.7. The molecule has 2 atom stereocenters. The molecule has 0 amide bonds. The van der Waals surface area contributed by atoms with Crippen LogP contribution < -0.4 is 4.90 Å². The van der Waals surface area contributed by atoms with Gasteiger partial charge in [0.15, 0.2) is 5.58 Å². The monoisotopic (exact) mass is 645 g/mol. The van der Waals surface area contributed by atoms with Gasteiger partial charge in [-0.05, 0) is 75.0 Å². The highest BCUT2D eigenvalue weighted by Gasteiger charge is 2.32. The van der Waals surface area contributed by atoms with E-state index in [9.17, 15) is 0 Å². The molecule has 0 spiro atoms. The van der Waals surface area contributed by atoms with Gasteiger partial charge in [-0.3, -0.25) is 0 Å². The average Bonchev–Trinajstić information content (AvgIpc) is 3.75. The fourth-order valence-corrected chi connectivity index (χ4v) is 9.15. The molecule has 0 N–H and O–H groups in total. The highest BCUT2D eigenvalue weighted by Crippen LogP contribution is 2.52. The zero-order valence-corrected chi connectivity index (χ0v) is 27.5. The van der Waals surface area contributed by atoms with Crippen LogP contribution in [0.4, 0.5) is 17.1 Å². The molecule has 0 fully saturated rings. The lowest BCUT2D eigenvalue weighted by Gasteiger charge is -2.26. The SMILES string of the molecule is C1=CC2Sc3c(-c4ccc(N(c5ccc(-c6ccccc6)cc5)c5cccc6c5oc5ccc7ccccc7c56)cc4)cccc3C2C=C1. The average molecular weight is 646 g/mol. The molecule has 2 nitrogen and oxygen atoms in total. The lowest BCUT2D eigenvalue weighted by molar-refractivity contribution is 0.669. The second-order valence-electron chi connectivity index (χ2n) is 12.8. The first kappa shape index (κ1) is 28.3. The van der Waals surface area contributed by atoms with Crippen LogP contribution >= 0.6 is 11.8 Å². The van der Waals surface area contributed by atoms with Gasteiger partial charge in [-0.25, -0.2) is 0 Å². The maximum Gasteiger partial charge on any atom is 0.159 e. The van der Waals surface area contributed by atoms with Crippen molar-refractivity contribution in [1.82, 2.24) is 0 Å². The van der Waals surface area contributed by atoms with Crippen LogP contribution in [0, 0.1) is 0 Å². The van der Waals surface area contributed by atoms with E-state index in [0.717, 1.165) is 39.0 Å². The molecule has 8 aromatic rings. The summed E-state index contributed by atoms with van der Waals surface area (Å²) >= 11 is 1.99. The Morgan fingerprint density at radius 2 is 1.22 bits per heavy atom. The fourth-order valence-electron chi connectivity index (χ4n) is 7.67. The zero-order valence-electron chi connectivity index (χ0n) is 26.7. The molecule has 0 radical (unpaired) electrons. The van der Waals surface area contributed by atoms with Gasteiger partial charge in [0.1, 0.15) is 5.58 Å². The molecule has 0 saturated carbocycles. The zero-order chi connectivity index (χ0) is 32.3. The third kappa shape index (κ3) is 4.65. The number of nitrogens with zero attached hydrogens (tertiary/aromatic N) is 1. The fraction of sp³-hybridized carbons (Fsp3) is 0.0435. The van der Waals surface area contributed by atoms with Crippen molar-refractivity contribution in [3.8, 4) is 22.3 Å². The van der Waals surface area contributed by atoms with Crippen molar-refractivity contribution in [3.63, 3.8) is 0 Å². The van der Waals surface area contributed by atoms with Crippen LogP contribution in [0.3, 0.4) is 0 Å². The number of benzene rings is 7. The number of thioether (sulfide) groups is 1. The smallest absolute Gasteiger partial charge is 0.159 e. The van der Waals surface area contributed by atoms with E-state index in [2.05, 4.69) is 181 Å². The van der Waals surface area contributed by atoms with Crippen molar-refractivity contribution in [2.75, 3.05) is 4.90 Å². The molecule has 1 aliphatic heterocycles. The molecule has 232 valence electrons. The molecule has 2 unspecified atom stereocenters. The molecular weight excluding hydrogens is 615 g/mol. The molecular formula is C46H31NOS. The van der Waals surface area contributed by atoms with Gasteiger partial charge in [-0.15, -0.1) is 11.8 Å². The van der Waals surface area contributed by atoms with Crippen molar-refractivity contribution in [3.05, 3.63) is 182 Å². The quantitative estimate of drug-likeness (QED) is 0.185. The molecule has 1 aliphatic carbocycles. The Balaban J connectivity index is 1.12. The van der Waals surface area contributed by atoms with Gasteiger partial charge in [-0.1, -0.05) is 140 Å². The predicted octanol–water partition coefficient (Wildman–Crippen LogP) is 13.2. The van der Waals surface area contributed by atoms with E-state index in [0.29, 0.717) is 11.2 Å². The number of hydrogen-bond acceptors (Lipinski definition) is 3. The summed E-state index contributed by atoms with van der Waals surface area (Å²) < 4.78 is 6.74. The van der Waals surface area contributed by atoms with Crippen LogP contribution in [0.25, 0.3) is 55.0 Å². The Labute approximate surface area is 289 Å². The third-order valence-electron chi connectivity index (χ3n) is 10.0. The van der Waals surface area contributed by atoms with Crippen LogP contribution in [-0.2, 0) is 0 Å². The molecule has 0 bridgehead atoms. The van der Waals surface area contributed by atoms with E-state index in [1.54, 1.807) is 0 Å². The Kier molecular flexibility index (Phi) is 6.60. The van der Waals surface area contributed by atoms with Gasteiger partial charge in [0.25, 0.3) is 0 Å². The number of furan rings is 1. The van der Waals surface area contributed by atoms with E-state index in [-0.39, 0.29) is 0 Å². The van der Waals surface area contributed by atoms with Gasteiger partial charge in [0.2, 0.25) is 0 Å². The molecule has 3 heteroatoms. The van der Waals surface area contributed by atoms with Crippen molar-refractivity contribution in [2.45, 2.75) is 16.1 Å². The third-order valence-corrected chi connectivity index (χ3v) is 11.4. The lowest BCUT2D eigenvalue weighted by atomic mass is 9.90. The minimum Gasteiger partial charge on any atom is -0.454 e. The summed E-state index contributed by atoms with van der Waals surface area (Å²) in [4.78, 5) is 3.73. The van der Waals surface area contributed by atoms with Gasteiger partial charge >= 0.3 is 0 Å². The van der Waals surface area contributed by atoms with Crippen LogP contribution in [-0.4, -0.2) is 5.25 Å². The number of rotatable bonds is 5. The first-order chi connectivity index (χ1) is 24.3. The summed E-state index contributed by atoms with van der Waals surface area (Å²) in [7, 11) is 0. The second kappa shape index (κ2) is 11.4. The minimum atomic E-state index is 0.444. The van der Waals surface area contributed by atoms with E-state index in [4.69, 9.17) is 4.42 Å². The molecule has 0 saturated heterocycles. The summed E-state index contributed by atoms with van der Waals surface area (Å²) in [6, 6.07) is 54.6. The normalized spacial score (nSPS) is 16.3. The van der Waals surface area contributed by atoms with Crippen molar-refractivity contribution in [2.24, 2.45) is 0 Å². The maximum atomic E-state index is 6.74. The molecule has 2 heterocycles. The summed E-state index contributed by atoms with van der Waals surface area (Å²) in [5.41, 5.74) is 11.3. The van der Waals surface area contributed by atoms with E-state index in [1.807, 2.05) is 11.8 Å². The van der Waals surface area contributed by atoms with Crippen LogP contribution in [0.15, 0.2) is 185 Å². The van der Waals surface area contributed by atoms with Crippen molar-refractivity contribution >= 4 is 61.5 Å². The van der Waals surface area contributed by atoms with Crippen LogP contribution in [0.2, 0.25) is 0 Å². The highest BCUT2D eigenvalue weighted by molar-refractivity contribution is 8.00. The molecule has 1 aromatic heterocycles.